The Morgan fingerprint density at radius 2 is 1.69 bits per heavy atom. The first-order valence-electron chi connectivity index (χ1n) is 9.25. The number of halogens is 1. The normalized spacial score (nSPS) is 11.6. The molecule has 3 aromatic rings. The number of para-hydroxylation sites is 1. The van der Waals surface area contributed by atoms with E-state index in [1.54, 1.807) is 7.11 Å². The van der Waals surface area contributed by atoms with E-state index in [2.05, 4.69) is 11.4 Å². The summed E-state index contributed by atoms with van der Waals surface area (Å²) in [4.78, 5) is 0. The van der Waals surface area contributed by atoms with Crippen molar-refractivity contribution in [2.75, 3.05) is 13.9 Å². The van der Waals surface area contributed by atoms with Crippen LogP contribution in [-0.4, -0.2) is 13.9 Å². The van der Waals surface area contributed by atoms with E-state index >= 15 is 0 Å². The van der Waals surface area contributed by atoms with Crippen LogP contribution in [0.5, 0.6) is 23.0 Å². The number of hydrogen-bond donors (Lipinski definition) is 1. The summed E-state index contributed by atoms with van der Waals surface area (Å²) in [6, 6.07) is 22.1. The lowest BCUT2D eigenvalue weighted by molar-refractivity contribution is -0.00000771. The summed E-state index contributed by atoms with van der Waals surface area (Å²) in [6.07, 6.45) is 0. The lowest BCUT2D eigenvalue weighted by Gasteiger charge is -2.16. The monoisotopic (exact) mass is 412 g/mol. The van der Waals surface area contributed by atoms with Crippen LogP contribution in [0.4, 0.5) is 0 Å². The third-order valence-electron chi connectivity index (χ3n) is 4.59. The molecule has 0 spiro atoms. The first kappa shape index (κ1) is 20.8. The minimum Gasteiger partial charge on any atom is -1.00 e. The van der Waals surface area contributed by atoms with Crippen molar-refractivity contribution >= 4 is 0 Å². The molecule has 0 aliphatic carbocycles. The predicted molar refractivity (Wildman–Crippen MR) is 107 cm³/mol. The quantitative estimate of drug-likeness (QED) is 0.604. The molecular formula is C23H23ClNO4-. The molecule has 1 aliphatic heterocycles. The lowest BCUT2D eigenvalue weighted by atomic mass is 10.1. The molecule has 1 aliphatic rings. The van der Waals surface area contributed by atoms with Gasteiger partial charge in [0.15, 0.2) is 23.0 Å². The maximum absolute atomic E-state index is 6.11. The summed E-state index contributed by atoms with van der Waals surface area (Å²) < 4.78 is 22.4. The largest absolute Gasteiger partial charge is 1.00 e. The molecular weight excluding hydrogens is 390 g/mol. The Balaban J connectivity index is 0.00000240. The van der Waals surface area contributed by atoms with Gasteiger partial charge in [0.05, 0.1) is 7.11 Å². The second kappa shape index (κ2) is 10.0. The zero-order chi connectivity index (χ0) is 19.2. The molecule has 0 unspecified atom stereocenters. The second-order valence-corrected chi connectivity index (χ2v) is 6.51. The summed E-state index contributed by atoms with van der Waals surface area (Å²) in [5.41, 5.74) is 3.31. The van der Waals surface area contributed by atoms with Gasteiger partial charge in [-0.3, -0.25) is 0 Å². The highest BCUT2D eigenvalue weighted by molar-refractivity contribution is 5.47. The second-order valence-electron chi connectivity index (χ2n) is 6.51. The molecule has 0 aromatic heterocycles. The average molecular weight is 413 g/mol. The van der Waals surface area contributed by atoms with Crippen molar-refractivity contribution in [1.82, 2.24) is 5.32 Å². The molecule has 0 saturated heterocycles. The molecule has 1 heterocycles. The summed E-state index contributed by atoms with van der Waals surface area (Å²) >= 11 is 0. The maximum Gasteiger partial charge on any atom is 0.231 e. The fourth-order valence-electron chi connectivity index (χ4n) is 3.15. The number of benzene rings is 3. The molecule has 3 aromatic carbocycles. The van der Waals surface area contributed by atoms with E-state index in [4.69, 9.17) is 18.9 Å². The van der Waals surface area contributed by atoms with Crippen molar-refractivity contribution in [3.8, 4) is 23.0 Å². The fraction of sp³-hybridized carbons (Fsp3) is 0.217. The highest BCUT2D eigenvalue weighted by Gasteiger charge is 2.14. The van der Waals surface area contributed by atoms with Gasteiger partial charge >= 0.3 is 0 Å². The van der Waals surface area contributed by atoms with E-state index in [1.807, 2.05) is 60.7 Å². The number of rotatable bonds is 8. The number of methoxy groups -OCH3 is 1. The third-order valence-corrected chi connectivity index (χ3v) is 4.59. The van der Waals surface area contributed by atoms with Gasteiger partial charge in [-0.1, -0.05) is 48.5 Å². The zero-order valence-corrected chi connectivity index (χ0v) is 16.9. The van der Waals surface area contributed by atoms with E-state index in [-0.39, 0.29) is 19.2 Å². The Kier molecular flexibility index (Phi) is 7.22. The van der Waals surface area contributed by atoms with E-state index in [0.29, 0.717) is 19.7 Å². The molecule has 0 radical (unpaired) electrons. The van der Waals surface area contributed by atoms with Crippen molar-refractivity contribution in [2.24, 2.45) is 0 Å². The minimum absolute atomic E-state index is 0. The van der Waals surface area contributed by atoms with E-state index in [9.17, 15) is 0 Å². The van der Waals surface area contributed by atoms with Gasteiger partial charge in [-0.2, -0.15) is 0 Å². The van der Waals surface area contributed by atoms with E-state index in [1.165, 1.54) is 0 Å². The van der Waals surface area contributed by atoms with Gasteiger partial charge in [-0.25, -0.2) is 0 Å². The Labute approximate surface area is 177 Å². The first-order chi connectivity index (χ1) is 13.8. The number of hydrogen-bond acceptors (Lipinski definition) is 5. The number of nitrogens with one attached hydrogen (secondary N) is 1. The van der Waals surface area contributed by atoms with Crippen LogP contribution in [-0.2, 0) is 19.7 Å². The zero-order valence-electron chi connectivity index (χ0n) is 16.2. The van der Waals surface area contributed by atoms with Crippen LogP contribution in [0.1, 0.15) is 16.7 Å². The number of fused-ring (bicyclic) bond motifs is 1. The Morgan fingerprint density at radius 3 is 2.52 bits per heavy atom. The van der Waals surface area contributed by atoms with Crippen LogP contribution in [0.15, 0.2) is 66.7 Å². The highest BCUT2D eigenvalue weighted by atomic mass is 35.5. The minimum atomic E-state index is 0. The lowest BCUT2D eigenvalue weighted by Crippen LogP contribution is -3.00. The SMILES string of the molecule is COc1cccc(CNCc2ccc3c(c2)OCO3)c1OCc1ccccc1.[Cl-]. The molecule has 0 saturated carbocycles. The van der Waals surface area contributed by atoms with Crippen molar-refractivity contribution in [3.63, 3.8) is 0 Å². The van der Waals surface area contributed by atoms with Gasteiger partial charge in [0.2, 0.25) is 6.79 Å². The van der Waals surface area contributed by atoms with E-state index in [0.717, 1.165) is 39.7 Å². The van der Waals surface area contributed by atoms with Crippen molar-refractivity contribution in [3.05, 3.63) is 83.4 Å². The average Bonchev–Trinajstić information content (AvgIpc) is 3.21. The van der Waals surface area contributed by atoms with E-state index < -0.39 is 0 Å². The summed E-state index contributed by atoms with van der Waals surface area (Å²) in [5, 5.41) is 3.47. The summed E-state index contributed by atoms with van der Waals surface area (Å²) in [7, 11) is 1.66. The van der Waals surface area contributed by atoms with Gasteiger partial charge < -0.3 is 36.7 Å². The fourth-order valence-corrected chi connectivity index (χ4v) is 3.15. The van der Waals surface area contributed by atoms with Crippen LogP contribution in [0.2, 0.25) is 0 Å². The number of ether oxygens (including phenoxy) is 4. The first-order valence-corrected chi connectivity index (χ1v) is 9.25. The molecule has 0 atom stereocenters. The van der Waals surface area contributed by atoms with Crippen molar-refractivity contribution < 1.29 is 31.4 Å². The van der Waals surface area contributed by atoms with Crippen LogP contribution in [0.25, 0.3) is 0 Å². The van der Waals surface area contributed by atoms with Gasteiger partial charge in [0.1, 0.15) is 6.61 Å². The Bertz CT molecular complexity index is 933. The molecule has 6 heteroatoms. The Hall–Kier alpha value is -2.89. The molecule has 0 amide bonds. The van der Waals surface area contributed by atoms with Gasteiger partial charge in [0, 0.05) is 18.7 Å². The molecule has 1 N–H and O–H groups in total. The van der Waals surface area contributed by atoms with Crippen LogP contribution in [0.3, 0.4) is 0 Å². The van der Waals surface area contributed by atoms with Crippen LogP contribution in [0, 0.1) is 0 Å². The topological polar surface area (TPSA) is 49.0 Å². The molecule has 5 nitrogen and oxygen atoms in total. The maximum atomic E-state index is 6.11. The van der Waals surface area contributed by atoms with Gasteiger partial charge in [0.25, 0.3) is 0 Å². The summed E-state index contributed by atoms with van der Waals surface area (Å²) in [6.45, 7) is 2.16. The van der Waals surface area contributed by atoms with Gasteiger partial charge in [-0.15, -0.1) is 0 Å². The highest BCUT2D eigenvalue weighted by Crippen LogP contribution is 2.33. The predicted octanol–water partition coefficient (Wildman–Crippen LogP) is 1.30. The summed E-state index contributed by atoms with van der Waals surface area (Å²) in [5.74, 6) is 3.10. The van der Waals surface area contributed by atoms with Crippen molar-refractivity contribution in [2.45, 2.75) is 19.7 Å². The van der Waals surface area contributed by atoms with Crippen LogP contribution >= 0.6 is 0 Å². The van der Waals surface area contributed by atoms with Crippen molar-refractivity contribution in [1.29, 1.82) is 0 Å². The molecule has 29 heavy (non-hydrogen) atoms. The third kappa shape index (κ3) is 5.13. The molecule has 152 valence electrons. The molecule has 0 bridgehead atoms. The molecule has 0 fully saturated rings. The van der Waals surface area contributed by atoms with Gasteiger partial charge in [-0.05, 0) is 29.3 Å². The molecule has 4 rings (SSSR count). The smallest absolute Gasteiger partial charge is 0.231 e. The Morgan fingerprint density at radius 1 is 0.862 bits per heavy atom. The van der Waals surface area contributed by atoms with Crippen LogP contribution < -0.4 is 36.7 Å². The standard InChI is InChI=1S/C23H23NO4.ClH/c1-25-21-9-5-8-19(23(21)26-15-17-6-3-2-4-7-17)14-24-13-18-10-11-20-22(12-18)28-16-27-20;/h2-12,24H,13-16H2,1H3;1H/p-1.